The maximum atomic E-state index is 12.8. The number of piperidine rings is 1. The molecular weight excluding hydrogens is 428 g/mol. The third kappa shape index (κ3) is 4.20. The van der Waals surface area contributed by atoms with Crippen LogP contribution in [0.5, 0.6) is 5.75 Å². The molecule has 0 aromatic heterocycles. The summed E-state index contributed by atoms with van der Waals surface area (Å²) < 4.78 is 5.59. The van der Waals surface area contributed by atoms with Gasteiger partial charge in [-0.1, -0.05) is 13.0 Å². The predicted octanol–water partition coefficient (Wildman–Crippen LogP) is 4.13. The van der Waals surface area contributed by atoms with Crippen LogP contribution in [0.1, 0.15) is 64.4 Å². The van der Waals surface area contributed by atoms with Crippen molar-refractivity contribution in [1.82, 2.24) is 10.2 Å². The Labute approximate surface area is 201 Å². The molecule has 6 nitrogen and oxygen atoms in total. The number of ether oxygens (including phenoxy) is 1. The number of nitrogens with zero attached hydrogens (tertiary/aromatic N) is 1. The van der Waals surface area contributed by atoms with E-state index in [1.165, 1.54) is 42.6 Å². The molecule has 2 aliphatic carbocycles. The van der Waals surface area contributed by atoms with Crippen molar-refractivity contribution in [2.24, 2.45) is 11.8 Å². The second kappa shape index (κ2) is 9.06. The average molecular weight is 463 g/mol. The molecule has 0 unspecified atom stereocenters. The van der Waals surface area contributed by atoms with Crippen molar-refractivity contribution in [3.8, 4) is 5.75 Å². The largest absolute Gasteiger partial charge is 0.497 e. The first-order valence-electron chi connectivity index (χ1n) is 12.4. The number of hydrogen-bond donors (Lipinski definition) is 2. The number of amides is 1. The first-order valence-corrected chi connectivity index (χ1v) is 12.4. The Bertz CT molecular complexity index is 1080. The standard InChI is InChI=1S/C28H34N2O4/c1-18-25-15-22-9-10-23(34-2)16-24(22)28(18,12-14-30(25)17-19-3-4-19)11-13-29-26(31)20-5-7-21(8-6-20)27(32)33/h5-10,16,18-19,25H,3-4,11-15,17H2,1-2H3,(H,29,31)(H,32,33)/t18-,25+,28+/m0/s1. The molecule has 3 atom stereocenters. The van der Waals surface area contributed by atoms with Crippen molar-refractivity contribution in [2.75, 3.05) is 26.7 Å². The molecule has 0 spiro atoms. The van der Waals surface area contributed by atoms with Crippen LogP contribution in [-0.2, 0) is 11.8 Å². The van der Waals surface area contributed by atoms with Gasteiger partial charge in [0, 0.05) is 30.1 Å². The topological polar surface area (TPSA) is 78.9 Å². The fraction of sp³-hybridized carbons (Fsp3) is 0.500. The number of carbonyl (C=O) groups is 2. The zero-order valence-corrected chi connectivity index (χ0v) is 20.0. The number of benzene rings is 2. The minimum Gasteiger partial charge on any atom is -0.497 e. The Hall–Kier alpha value is -2.86. The van der Waals surface area contributed by atoms with E-state index in [2.05, 4.69) is 35.3 Å². The molecule has 34 heavy (non-hydrogen) atoms. The molecule has 1 amide bonds. The molecule has 1 saturated heterocycles. The van der Waals surface area contributed by atoms with Crippen molar-refractivity contribution in [3.63, 3.8) is 0 Å². The summed E-state index contributed by atoms with van der Waals surface area (Å²) in [5.74, 6) is 1.11. The summed E-state index contributed by atoms with van der Waals surface area (Å²) in [6.07, 6.45) is 5.78. The third-order valence-corrected chi connectivity index (χ3v) is 8.49. The summed E-state index contributed by atoms with van der Waals surface area (Å²) in [5.41, 5.74) is 3.48. The zero-order valence-electron chi connectivity index (χ0n) is 20.0. The van der Waals surface area contributed by atoms with Gasteiger partial charge in [0.15, 0.2) is 0 Å². The van der Waals surface area contributed by atoms with Gasteiger partial charge in [0.1, 0.15) is 5.75 Å². The molecule has 6 heteroatoms. The van der Waals surface area contributed by atoms with E-state index in [9.17, 15) is 9.59 Å². The molecule has 180 valence electrons. The number of rotatable bonds is 8. The molecule has 2 fully saturated rings. The SMILES string of the molecule is COc1ccc2c(c1)[C@]1(CCNC(=O)c3ccc(C(=O)O)cc3)CCN(CC3CC3)[C@H](C2)[C@@H]1C. The Kier molecular flexibility index (Phi) is 6.11. The number of carbonyl (C=O) groups excluding carboxylic acids is 1. The van der Waals surface area contributed by atoms with Crippen molar-refractivity contribution in [2.45, 2.75) is 50.5 Å². The summed E-state index contributed by atoms with van der Waals surface area (Å²) >= 11 is 0. The normalized spacial score (nSPS) is 25.9. The summed E-state index contributed by atoms with van der Waals surface area (Å²) in [5, 5.41) is 12.2. The van der Waals surface area contributed by atoms with Gasteiger partial charge in [-0.15, -0.1) is 0 Å². The highest BCUT2D eigenvalue weighted by molar-refractivity contribution is 5.95. The average Bonchev–Trinajstić information content (AvgIpc) is 3.66. The predicted molar refractivity (Wildman–Crippen MR) is 131 cm³/mol. The van der Waals surface area contributed by atoms with Crippen LogP contribution in [0.15, 0.2) is 42.5 Å². The van der Waals surface area contributed by atoms with Crippen LogP contribution in [0.25, 0.3) is 0 Å². The quantitative estimate of drug-likeness (QED) is 0.617. The summed E-state index contributed by atoms with van der Waals surface area (Å²) in [6, 6.07) is 13.2. The molecule has 2 aromatic carbocycles. The summed E-state index contributed by atoms with van der Waals surface area (Å²) in [6.45, 7) is 5.31. The summed E-state index contributed by atoms with van der Waals surface area (Å²) in [7, 11) is 1.72. The van der Waals surface area contributed by atoms with Crippen LogP contribution in [0.4, 0.5) is 0 Å². The van der Waals surface area contributed by atoms with Crippen molar-refractivity contribution in [3.05, 3.63) is 64.7 Å². The highest BCUT2D eigenvalue weighted by Gasteiger charge is 2.51. The van der Waals surface area contributed by atoms with E-state index in [4.69, 9.17) is 9.84 Å². The lowest BCUT2D eigenvalue weighted by Crippen LogP contribution is -2.60. The van der Waals surface area contributed by atoms with E-state index in [-0.39, 0.29) is 16.9 Å². The first kappa shape index (κ1) is 22.9. The fourth-order valence-corrected chi connectivity index (χ4v) is 6.27. The van der Waals surface area contributed by atoms with Gasteiger partial charge >= 0.3 is 5.97 Å². The Morgan fingerprint density at radius 3 is 2.56 bits per heavy atom. The molecule has 1 saturated carbocycles. The smallest absolute Gasteiger partial charge is 0.335 e. The number of nitrogens with one attached hydrogen (secondary N) is 1. The Morgan fingerprint density at radius 1 is 1.15 bits per heavy atom. The fourth-order valence-electron chi connectivity index (χ4n) is 6.27. The third-order valence-electron chi connectivity index (χ3n) is 8.49. The van der Waals surface area contributed by atoms with Crippen molar-refractivity contribution >= 4 is 11.9 Å². The lowest BCUT2D eigenvalue weighted by Gasteiger charge is -2.56. The van der Waals surface area contributed by atoms with Crippen LogP contribution in [0.3, 0.4) is 0 Å². The van der Waals surface area contributed by atoms with E-state index >= 15 is 0 Å². The minimum atomic E-state index is -0.992. The molecule has 2 N–H and O–H groups in total. The maximum absolute atomic E-state index is 12.8. The lowest BCUT2D eigenvalue weighted by molar-refractivity contribution is 0.0159. The van der Waals surface area contributed by atoms with E-state index < -0.39 is 5.97 Å². The van der Waals surface area contributed by atoms with Crippen molar-refractivity contribution in [1.29, 1.82) is 0 Å². The summed E-state index contributed by atoms with van der Waals surface area (Å²) in [4.78, 5) is 26.6. The molecule has 5 rings (SSSR count). The molecule has 3 aliphatic rings. The Balaban J connectivity index is 1.35. The van der Waals surface area contributed by atoms with Gasteiger partial charge in [0.05, 0.1) is 12.7 Å². The van der Waals surface area contributed by atoms with E-state index in [1.54, 1.807) is 19.2 Å². The number of likely N-dealkylation sites (tertiary alicyclic amines) is 1. The van der Waals surface area contributed by atoms with Gasteiger partial charge in [-0.2, -0.15) is 0 Å². The molecular formula is C28H34N2O4. The number of carboxylic acids is 1. The number of carboxylic acid groups (broad SMARTS) is 1. The van der Waals surface area contributed by atoms with Crippen LogP contribution in [0, 0.1) is 11.8 Å². The van der Waals surface area contributed by atoms with Gasteiger partial charge in [-0.25, -0.2) is 4.79 Å². The number of methoxy groups -OCH3 is 1. The Morgan fingerprint density at radius 2 is 1.88 bits per heavy atom. The lowest BCUT2D eigenvalue weighted by atomic mass is 9.56. The molecule has 2 aromatic rings. The van der Waals surface area contributed by atoms with Crippen LogP contribution in [0.2, 0.25) is 0 Å². The highest BCUT2D eigenvalue weighted by atomic mass is 16.5. The zero-order chi connectivity index (χ0) is 23.9. The van der Waals surface area contributed by atoms with Crippen LogP contribution in [-0.4, -0.2) is 54.7 Å². The highest BCUT2D eigenvalue weighted by Crippen LogP contribution is 2.52. The van der Waals surface area contributed by atoms with Gasteiger partial charge in [0.2, 0.25) is 0 Å². The number of aromatic carboxylic acids is 1. The van der Waals surface area contributed by atoms with E-state index in [0.29, 0.717) is 24.1 Å². The van der Waals surface area contributed by atoms with Crippen molar-refractivity contribution < 1.29 is 19.4 Å². The van der Waals surface area contributed by atoms with Crippen LogP contribution < -0.4 is 10.1 Å². The number of fused-ring (bicyclic) bond motifs is 4. The van der Waals surface area contributed by atoms with Gasteiger partial charge < -0.3 is 15.2 Å². The van der Waals surface area contributed by atoms with E-state index in [0.717, 1.165) is 37.5 Å². The molecule has 2 bridgehead atoms. The second-order valence-electron chi connectivity index (χ2n) is 10.3. The first-order chi connectivity index (χ1) is 16.4. The maximum Gasteiger partial charge on any atom is 0.335 e. The number of hydrogen-bond acceptors (Lipinski definition) is 4. The second-order valence-corrected chi connectivity index (χ2v) is 10.3. The van der Waals surface area contributed by atoms with Gasteiger partial charge in [-0.3, -0.25) is 9.69 Å². The van der Waals surface area contributed by atoms with E-state index in [1.807, 2.05) is 0 Å². The molecule has 1 heterocycles. The molecule has 0 radical (unpaired) electrons. The van der Waals surface area contributed by atoms with Gasteiger partial charge in [-0.05, 0) is 98.0 Å². The monoisotopic (exact) mass is 462 g/mol. The minimum absolute atomic E-state index is 0.00723. The van der Waals surface area contributed by atoms with Gasteiger partial charge in [0.25, 0.3) is 5.91 Å². The molecule has 1 aliphatic heterocycles. The van der Waals surface area contributed by atoms with Crippen LogP contribution >= 0.6 is 0 Å².